The van der Waals surface area contributed by atoms with Gasteiger partial charge in [-0.1, -0.05) is 115 Å². The second-order valence-electron chi connectivity index (χ2n) is 15.4. The van der Waals surface area contributed by atoms with Crippen molar-refractivity contribution >= 4 is 23.2 Å². The van der Waals surface area contributed by atoms with Crippen LogP contribution in [0.25, 0.3) is 0 Å². The predicted molar refractivity (Wildman–Crippen MR) is 211 cm³/mol. The number of alkyl halides is 1. The van der Waals surface area contributed by atoms with Crippen LogP contribution in [0.15, 0.2) is 90.9 Å². The third-order valence-electron chi connectivity index (χ3n) is 10.9. The summed E-state index contributed by atoms with van der Waals surface area (Å²) < 4.78 is 5.39. The van der Waals surface area contributed by atoms with Crippen LogP contribution < -0.4 is 15.4 Å². The fourth-order valence-electron chi connectivity index (χ4n) is 7.27. The summed E-state index contributed by atoms with van der Waals surface area (Å²) in [4.78, 5) is 0. The van der Waals surface area contributed by atoms with Gasteiger partial charge in [-0.15, -0.1) is 11.6 Å². The van der Waals surface area contributed by atoms with E-state index in [9.17, 15) is 0 Å². The Morgan fingerprint density at radius 1 is 1.02 bits per heavy atom. The molecule has 0 saturated carbocycles. The quantitative estimate of drug-likeness (QED) is 0.199. The van der Waals surface area contributed by atoms with Crippen LogP contribution in [0.2, 0.25) is 5.02 Å². The van der Waals surface area contributed by atoms with Crippen molar-refractivity contribution in [3.05, 3.63) is 101 Å². The first-order valence-electron chi connectivity index (χ1n) is 18.3. The Kier molecular flexibility index (Phi) is 16.0. The maximum Gasteiger partial charge on any atom is 0.137 e. The molecule has 3 rings (SSSR count). The maximum absolute atomic E-state index is 7.23. The van der Waals surface area contributed by atoms with Gasteiger partial charge in [-0.2, -0.15) is 0 Å². The average Bonchev–Trinajstić information content (AvgIpc) is 3.04. The third kappa shape index (κ3) is 11.9. The van der Waals surface area contributed by atoms with Gasteiger partial charge in [-0.25, -0.2) is 0 Å². The van der Waals surface area contributed by atoms with Crippen LogP contribution in [0.5, 0.6) is 5.75 Å². The van der Waals surface area contributed by atoms with Crippen LogP contribution >= 0.6 is 23.2 Å². The monoisotopic (exact) mass is 694 g/mol. The Morgan fingerprint density at radius 3 is 2.38 bits per heavy atom. The SMILES string of the molecule is C=C1CCC[C@@H](C(C)C(C)C(Cl)C2=CCC(C)C=C2)CC(=C)C(CC(C)C)CC(=C)C(C)CNC(=C)[C@@H](Cc2ccc(OC)c(Cl)c2)N1. The van der Waals surface area contributed by atoms with Gasteiger partial charge in [0.05, 0.1) is 23.6 Å². The molecule has 2 N–H and O–H groups in total. The van der Waals surface area contributed by atoms with E-state index < -0.39 is 0 Å². The molecule has 0 radical (unpaired) electrons. The molecule has 1 aliphatic heterocycles. The Labute approximate surface area is 304 Å². The number of benzene rings is 1. The number of rotatable bonds is 9. The number of allylic oxidation sites excluding steroid dienone is 6. The molecular formula is C43H64Cl2N2O. The number of ether oxygens (including phenoxy) is 1. The minimum Gasteiger partial charge on any atom is -0.495 e. The summed E-state index contributed by atoms with van der Waals surface area (Å²) in [6, 6.07) is 5.96. The van der Waals surface area contributed by atoms with Crippen LogP contribution in [0, 0.1) is 41.4 Å². The van der Waals surface area contributed by atoms with Gasteiger partial charge >= 0.3 is 0 Å². The first-order chi connectivity index (χ1) is 22.7. The molecule has 2 aliphatic rings. The fourth-order valence-corrected chi connectivity index (χ4v) is 7.94. The van der Waals surface area contributed by atoms with Crippen LogP contribution in [-0.4, -0.2) is 25.1 Å². The fraction of sp³-hybridized carbons (Fsp3) is 0.581. The van der Waals surface area contributed by atoms with Crippen molar-refractivity contribution in [2.75, 3.05) is 13.7 Å². The van der Waals surface area contributed by atoms with Gasteiger partial charge in [0.25, 0.3) is 0 Å². The largest absolute Gasteiger partial charge is 0.495 e. The minimum atomic E-state index is -0.0323. The molecule has 5 heteroatoms. The van der Waals surface area contributed by atoms with Gasteiger partial charge in [-0.3, -0.25) is 0 Å². The zero-order valence-electron chi connectivity index (χ0n) is 31.0. The Hall–Kier alpha value is -2.36. The molecule has 6 unspecified atom stereocenters. The molecule has 3 nitrogen and oxygen atoms in total. The highest BCUT2D eigenvalue weighted by molar-refractivity contribution is 6.32. The van der Waals surface area contributed by atoms with Gasteiger partial charge in [-0.05, 0) is 116 Å². The molecule has 0 aromatic heterocycles. The summed E-state index contributed by atoms with van der Waals surface area (Å²) in [5.41, 5.74) is 7.02. The normalized spacial score (nSPS) is 27.1. The zero-order chi connectivity index (χ0) is 35.5. The lowest BCUT2D eigenvalue weighted by Gasteiger charge is -2.35. The summed E-state index contributed by atoms with van der Waals surface area (Å²) in [6.45, 7) is 33.1. The van der Waals surface area contributed by atoms with Crippen molar-refractivity contribution < 1.29 is 4.74 Å². The molecule has 0 bridgehead atoms. The summed E-state index contributed by atoms with van der Waals surface area (Å²) >= 11 is 13.7. The van der Waals surface area contributed by atoms with Gasteiger partial charge in [0, 0.05) is 17.9 Å². The molecule has 1 saturated heterocycles. The first kappa shape index (κ1) is 40.1. The third-order valence-corrected chi connectivity index (χ3v) is 11.8. The van der Waals surface area contributed by atoms with E-state index in [2.05, 4.69) is 96.2 Å². The lowest BCUT2D eigenvalue weighted by atomic mass is 9.72. The molecule has 0 amide bonds. The van der Waals surface area contributed by atoms with E-state index in [0.717, 1.165) is 74.9 Å². The van der Waals surface area contributed by atoms with E-state index in [4.69, 9.17) is 34.5 Å². The topological polar surface area (TPSA) is 33.3 Å². The second kappa shape index (κ2) is 19.1. The molecular weight excluding hydrogens is 631 g/mol. The average molecular weight is 696 g/mol. The predicted octanol–water partition coefficient (Wildman–Crippen LogP) is 11.9. The Balaban J connectivity index is 1.87. The van der Waals surface area contributed by atoms with Gasteiger partial charge in [0.2, 0.25) is 0 Å². The number of nitrogens with one attached hydrogen (secondary N) is 2. The van der Waals surface area contributed by atoms with Gasteiger partial charge < -0.3 is 15.4 Å². The van der Waals surface area contributed by atoms with Crippen LogP contribution in [0.1, 0.15) is 92.1 Å². The van der Waals surface area contributed by atoms with Gasteiger partial charge in [0.1, 0.15) is 5.75 Å². The van der Waals surface area contributed by atoms with Crippen molar-refractivity contribution in [2.24, 2.45) is 41.4 Å². The molecule has 266 valence electrons. The molecule has 1 aromatic carbocycles. The molecule has 48 heavy (non-hydrogen) atoms. The summed E-state index contributed by atoms with van der Waals surface area (Å²) in [5.74, 6) is 3.83. The van der Waals surface area contributed by atoms with E-state index in [1.54, 1.807) is 7.11 Å². The van der Waals surface area contributed by atoms with Crippen LogP contribution in [0.4, 0.5) is 0 Å². The number of halogens is 2. The van der Waals surface area contributed by atoms with E-state index >= 15 is 0 Å². The van der Waals surface area contributed by atoms with E-state index in [1.165, 1.54) is 16.7 Å². The highest BCUT2D eigenvalue weighted by atomic mass is 35.5. The van der Waals surface area contributed by atoms with E-state index in [1.807, 2.05) is 12.1 Å². The summed E-state index contributed by atoms with van der Waals surface area (Å²) in [6.07, 6.45) is 14.9. The molecule has 1 fully saturated rings. The molecule has 8 atom stereocenters. The van der Waals surface area contributed by atoms with Crippen LogP contribution in [-0.2, 0) is 6.42 Å². The number of hydrogen-bond donors (Lipinski definition) is 2. The second-order valence-corrected chi connectivity index (χ2v) is 16.3. The lowest BCUT2D eigenvalue weighted by molar-refractivity contribution is 0.236. The number of methoxy groups -OCH3 is 1. The minimum absolute atomic E-state index is 0.00632. The summed E-state index contributed by atoms with van der Waals surface area (Å²) in [5, 5.41) is 8.01. The van der Waals surface area contributed by atoms with Crippen LogP contribution in [0.3, 0.4) is 0 Å². The zero-order valence-corrected chi connectivity index (χ0v) is 32.5. The number of hydrogen-bond acceptors (Lipinski definition) is 3. The molecule has 1 aliphatic carbocycles. The Bertz CT molecular complexity index is 1330. The standard InChI is InChI=1S/C43H64Cl2N2O/c1-27(2)21-39-22-29(4)31(6)26-46-35(10)41(25-36-17-20-42(48-11)40(44)24-36)47-32(7)13-12-14-38(23-30(39)5)33(8)34(9)43(45)37-18-15-28(3)16-19-37/h15,17-20,24,27-28,31,33-34,38-39,41,43,46-47H,4-5,7,10,12-14,16,21-23,25-26H2,1-3,6,8-9,11H3/t28?,31?,33?,34?,38-,39?,41-,43?/m1/s1. The van der Waals surface area contributed by atoms with Crippen molar-refractivity contribution in [2.45, 2.75) is 104 Å². The van der Waals surface area contributed by atoms with E-state index in [-0.39, 0.29) is 11.4 Å². The highest BCUT2D eigenvalue weighted by Gasteiger charge is 2.31. The van der Waals surface area contributed by atoms with E-state index in [0.29, 0.717) is 52.2 Å². The lowest BCUT2D eigenvalue weighted by Crippen LogP contribution is -2.38. The van der Waals surface area contributed by atoms with Crippen molar-refractivity contribution in [1.29, 1.82) is 0 Å². The first-order valence-corrected chi connectivity index (χ1v) is 19.1. The summed E-state index contributed by atoms with van der Waals surface area (Å²) in [7, 11) is 1.64. The van der Waals surface area contributed by atoms with Crippen molar-refractivity contribution in [1.82, 2.24) is 10.6 Å². The maximum atomic E-state index is 7.23. The molecule has 1 aromatic rings. The highest BCUT2D eigenvalue weighted by Crippen LogP contribution is 2.40. The van der Waals surface area contributed by atoms with Gasteiger partial charge in [0.15, 0.2) is 0 Å². The molecule has 0 spiro atoms. The molecule has 1 heterocycles. The Morgan fingerprint density at radius 2 is 1.75 bits per heavy atom. The smallest absolute Gasteiger partial charge is 0.137 e. The van der Waals surface area contributed by atoms with Crippen molar-refractivity contribution in [3.8, 4) is 5.75 Å². The van der Waals surface area contributed by atoms with Crippen molar-refractivity contribution in [3.63, 3.8) is 0 Å².